The Hall–Kier alpha value is -2.27. The molecule has 0 saturated carbocycles. The third kappa shape index (κ3) is 2.61. The van der Waals surface area contributed by atoms with Crippen molar-refractivity contribution < 1.29 is 14.7 Å². The second-order valence-electron chi connectivity index (χ2n) is 3.94. The smallest absolute Gasteiger partial charge is 0.339 e. The molecule has 2 rings (SSSR count). The van der Waals surface area contributed by atoms with Crippen LogP contribution in [-0.2, 0) is 0 Å². The molecule has 0 unspecified atom stereocenters. The van der Waals surface area contributed by atoms with Crippen LogP contribution in [0.25, 0.3) is 0 Å². The first kappa shape index (κ1) is 13.2. The number of H-pyrrole nitrogens is 1. The molecule has 2 aromatic rings. The van der Waals surface area contributed by atoms with Gasteiger partial charge < -0.3 is 15.4 Å². The van der Waals surface area contributed by atoms with Crippen molar-refractivity contribution in [3.05, 3.63) is 52.3 Å². The molecular weight excluding hydrogens is 268 g/mol. The van der Waals surface area contributed by atoms with Gasteiger partial charge in [0, 0.05) is 11.9 Å². The third-order valence-electron chi connectivity index (χ3n) is 2.66. The van der Waals surface area contributed by atoms with E-state index in [9.17, 15) is 9.59 Å². The number of aromatic amines is 1. The summed E-state index contributed by atoms with van der Waals surface area (Å²) in [7, 11) is 0. The minimum absolute atomic E-state index is 0.0420. The molecule has 5 nitrogen and oxygen atoms in total. The van der Waals surface area contributed by atoms with Crippen molar-refractivity contribution in [1.82, 2.24) is 4.98 Å². The Morgan fingerprint density at radius 2 is 2.00 bits per heavy atom. The number of halogens is 1. The van der Waals surface area contributed by atoms with Crippen molar-refractivity contribution in [3.8, 4) is 0 Å². The number of benzene rings is 1. The summed E-state index contributed by atoms with van der Waals surface area (Å²) in [6, 6.07) is 6.55. The molecule has 1 amide bonds. The first-order valence-electron chi connectivity index (χ1n) is 5.48. The number of carbonyl (C=O) groups excluding carboxylic acids is 1. The Kier molecular flexibility index (Phi) is 3.57. The second-order valence-corrected chi connectivity index (χ2v) is 4.35. The van der Waals surface area contributed by atoms with Gasteiger partial charge in [0.25, 0.3) is 5.91 Å². The molecule has 0 atom stereocenters. The van der Waals surface area contributed by atoms with Crippen molar-refractivity contribution in [1.29, 1.82) is 0 Å². The fourth-order valence-electron chi connectivity index (χ4n) is 1.74. The predicted molar refractivity (Wildman–Crippen MR) is 71.9 cm³/mol. The van der Waals surface area contributed by atoms with Crippen LogP contribution in [0.5, 0.6) is 0 Å². The molecule has 1 heterocycles. The molecule has 0 spiro atoms. The summed E-state index contributed by atoms with van der Waals surface area (Å²) >= 11 is 5.91. The molecule has 3 N–H and O–H groups in total. The summed E-state index contributed by atoms with van der Waals surface area (Å²) in [5.74, 6) is -1.56. The largest absolute Gasteiger partial charge is 0.478 e. The fourth-order valence-corrected chi connectivity index (χ4v) is 1.96. The highest BCUT2D eigenvalue weighted by Gasteiger charge is 2.18. The molecule has 0 aliphatic heterocycles. The van der Waals surface area contributed by atoms with Crippen molar-refractivity contribution in [2.45, 2.75) is 6.92 Å². The van der Waals surface area contributed by atoms with E-state index in [2.05, 4.69) is 10.3 Å². The number of hydrogen-bond acceptors (Lipinski definition) is 2. The van der Waals surface area contributed by atoms with Gasteiger partial charge in [-0.2, -0.15) is 0 Å². The van der Waals surface area contributed by atoms with Crippen LogP contribution in [0.15, 0.2) is 30.5 Å². The van der Waals surface area contributed by atoms with Crippen LogP contribution >= 0.6 is 11.6 Å². The fraction of sp³-hybridized carbons (Fsp3) is 0.0769. The number of carbonyl (C=O) groups is 2. The normalized spacial score (nSPS) is 10.2. The highest BCUT2D eigenvalue weighted by molar-refractivity contribution is 6.34. The summed E-state index contributed by atoms with van der Waals surface area (Å²) in [6.07, 6.45) is 1.44. The number of aromatic nitrogens is 1. The molecule has 1 aromatic carbocycles. The molecule has 0 saturated heterocycles. The molecule has 98 valence electrons. The molecule has 19 heavy (non-hydrogen) atoms. The van der Waals surface area contributed by atoms with Gasteiger partial charge in [0.1, 0.15) is 5.56 Å². The number of nitrogens with one attached hydrogen (secondary N) is 2. The topological polar surface area (TPSA) is 82.2 Å². The Morgan fingerprint density at radius 1 is 1.32 bits per heavy atom. The van der Waals surface area contributed by atoms with Gasteiger partial charge in [-0.05, 0) is 19.1 Å². The standard InChI is InChI=1S/C13H11ClN2O3/c1-7-11(13(18)19)10(6-15-7)16-12(17)8-4-2-3-5-9(8)14/h2-6,15H,1H3,(H,16,17)(H,18,19). The highest BCUT2D eigenvalue weighted by Crippen LogP contribution is 2.21. The van der Waals surface area contributed by atoms with Gasteiger partial charge in [-0.3, -0.25) is 4.79 Å². The third-order valence-corrected chi connectivity index (χ3v) is 2.99. The minimum Gasteiger partial charge on any atom is -0.478 e. The predicted octanol–water partition coefficient (Wildman–Crippen LogP) is 2.93. The maximum absolute atomic E-state index is 12.0. The Balaban J connectivity index is 2.30. The summed E-state index contributed by atoms with van der Waals surface area (Å²) in [5, 5.41) is 11.9. The molecule has 6 heteroatoms. The average molecular weight is 279 g/mol. The average Bonchev–Trinajstić information content (AvgIpc) is 2.70. The lowest BCUT2D eigenvalue weighted by Gasteiger charge is -2.06. The van der Waals surface area contributed by atoms with Crippen LogP contribution in [-0.4, -0.2) is 22.0 Å². The van der Waals surface area contributed by atoms with Gasteiger partial charge in [0.2, 0.25) is 0 Å². The van der Waals surface area contributed by atoms with Gasteiger partial charge >= 0.3 is 5.97 Å². The zero-order valence-electron chi connectivity index (χ0n) is 10.0. The van der Waals surface area contributed by atoms with Crippen LogP contribution < -0.4 is 5.32 Å². The minimum atomic E-state index is -1.10. The van der Waals surface area contributed by atoms with E-state index in [0.29, 0.717) is 16.3 Å². The van der Waals surface area contributed by atoms with E-state index in [1.165, 1.54) is 6.20 Å². The van der Waals surface area contributed by atoms with E-state index in [0.717, 1.165) is 0 Å². The van der Waals surface area contributed by atoms with Crippen LogP contribution in [0.4, 0.5) is 5.69 Å². The highest BCUT2D eigenvalue weighted by atomic mass is 35.5. The van der Waals surface area contributed by atoms with E-state index in [1.54, 1.807) is 31.2 Å². The number of carboxylic acids is 1. The first-order valence-corrected chi connectivity index (χ1v) is 5.85. The monoisotopic (exact) mass is 278 g/mol. The number of aryl methyl sites for hydroxylation is 1. The molecule has 0 aliphatic rings. The molecule has 0 bridgehead atoms. The van der Waals surface area contributed by atoms with Crippen molar-refractivity contribution in [3.63, 3.8) is 0 Å². The zero-order valence-corrected chi connectivity index (χ0v) is 10.8. The maximum Gasteiger partial charge on any atom is 0.339 e. The summed E-state index contributed by atoms with van der Waals surface area (Å²) < 4.78 is 0. The van der Waals surface area contributed by atoms with E-state index in [4.69, 9.17) is 16.7 Å². The Bertz CT molecular complexity index is 649. The number of amides is 1. The van der Waals surface area contributed by atoms with Gasteiger partial charge in [-0.25, -0.2) is 4.79 Å². The second kappa shape index (κ2) is 5.16. The van der Waals surface area contributed by atoms with E-state index >= 15 is 0 Å². The van der Waals surface area contributed by atoms with E-state index < -0.39 is 11.9 Å². The quantitative estimate of drug-likeness (QED) is 0.807. The molecular formula is C13H11ClN2O3. The van der Waals surface area contributed by atoms with Gasteiger partial charge in [0.15, 0.2) is 0 Å². The number of carboxylic acid groups (broad SMARTS) is 1. The van der Waals surface area contributed by atoms with Crippen molar-refractivity contribution in [2.24, 2.45) is 0 Å². The van der Waals surface area contributed by atoms with Gasteiger partial charge in [-0.15, -0.1) is 0 Å². The lowest BCUT2D eigenvalue weighted by Crippen LogP contribution is -2.14. The molecule has 0 radical (unpaired) electrons. The van der Waals surface area contributed by atoms with Crippen molar-refractivity contribution in [2.75, 3.05) is 5.32 Å². The summed E-state index contributed by atoms with van der Waals surface area (Å²) in [6.45, 7) is 1.62. The van der Waals surface area contributed by atoms with E-state index in [1.807, 2.05) is 0 Å². The van der Waals surface area contributed by atoms with Gasteiger partial charge in [-0.1, -0.05) is 23.7 Å². The molecule has 1 aromatic heterocycles. The van der Waals surface area contributed by atoms with Crippen LogP contribution in [0, 0.1) is 6.92 Å². The summed E-state index contributed by atoms with van der Waals surface area (Å²) in [4.78, 5) is 25.9. The Labute approximate surface area is 114 Å². The molecule has 0 aliphatic carbocycles. The Morgan fingerprint density at radius 3 is 2.63 bits per heavy atom. The number of aromatic carboxylic acids is 1. The number of rotatable bonds is 3. The molecule has 0 fully saturated rings. The first-order chi connectivity index (χ1) is 9.00. The van der Waals surface area contributed by atoms with Gasteiger partial charge in [0.05, 0.1) is 16.3 Å². The lowest BCUT2D eigenvalue weighted by molar-refractivity contribution is 0.0697. The van der Waals surface area contributed by atoms with Crippen LogP contribution in [0.2, 0.25) is 5.02 Å². The summed E-state index contributed by atoms with van der Waals surface area (Å²) in [5.41, 5.74) is 1.02. The maximum atomic E-state index is 12.0. The zero-order chi connectivity index (χ0) is 14.0. The van der Waals surface area contributed by atoms with Crippen LogP contribution in [0.3, 0.4) is 0 Å². The lowest BCUT2D eigenvalue weighted by atomic mass is 10.2. The van der Waals surface area contributed by atoms with Crippen LogP contribution in [0.1, 0.15) is 26.4 Å². The number of anilines is 1. The SMILES string of the molecule is Cc1[nH]cc(NC(=O)c2ccccc2Cl)c1C(=O)O. The number of hydrogen-bond donors (Lipinski definition) is 3. The van der Waals surface area contributed by atoms with E-state index in [-0.39, 0.29) is 11.3 Å². The van der Waals surface area contributed by atoms with Crippen molar-refractivity contribution >= 4 is 29.2 Å².